The van der Waals surface area contributed by atoms with Crippen molar-refractivity contribution in [1.29, 1.82) is 0 Å². The van der Waals surface area contributed by atoms with Crippen LogP contribution in [0.4, 0.5) is 4.39 Å². The molecule has 0 saturated carbocycles. The molecule has 114 valence electrons. The van der Waals surface area contributed by atoms with Gasteiger partial charge in [0.1, 0.15) is 5.82 Å². The summed E-state index contributed by atoms with van der Waals surface area (Å²) in [5, 5.41) is 0. The van der Waals surface area contributed by atoms with Crippen molar-refractivity contribution in [3.8, 4) is 0 Å². The Bertz CT molecular complexity index is 513. The van der Waals surface area contributed by atoms with Crippen LogP contribution in [0.25, 0.3) is 0 Å². The van der Waals surface area contributed by atoms with Gasteiger partial charge >= 0.3 is 0 Å². The number of benzene rings is 1. The second-order valence-electron chi connectivity index (χ2n) is 4.93. The molecule has 2 amide bonds. The van der Waals surface area contributed by atoms with Crippen molar-refractivity contribution in [2.75, 3.05) is 39.9 Å². The molecule has 0 unspecified atom stereocenters. The summed E-state index contributed by atoms with van der Waals surface area (Å²) in [5.41, 5.74) is 0.342. The van der Waals surface area contributed by atoms with Crippen molar-refractivity contribution in [2.45, 2.75) is 6.42 Å². The van der Waals surface area contributed by atoms with E-state index < -0.39 is 5.82 Å². The van der Waals surface area contributed by atoms with Crippen LogP contribution in [-0.4, -0.2) is 61.5 Å². The van der Waals surface area contributed by atoms with Crippen molar-refractivity contribution in [2.24, 2.45) is 0 Å². The molecule has 0 aromatic heterocycles. The predicted octanol–water partition coefficient (Wildman–Crippen LogP) is 1.15. The molecule has 0 spiro atoms. The maximum Gasteiger partial charge on any atom is 0.254 e. The van der Waals surface area contributed by atoms with Gasteiger partial charge in [0.05, 0.1) is 13.0 Å². The quantitative estimate of drug-likeness (QED) is 0.837. The van der Waals surface area contributed by atoms with Gasteiger partial charge in [0.15, 0.2) is 0 Å². The van der Waals surface area contributed by atoms with Gasteiger partial charge < -0.3 is 14.5 Å². The number of carbonyl (C=O) groups excluding carboxylic acids is 2. The molecule has 0 aliphatic carbocycles. The lowest BCUT2D eigenvalue weighted by molar-refractivity contribution is -0.133. The van der Waals surface area contributed by atoms with Crippen LogP contribution < -0.4 is 0 Å². The van der Waals surface area contributed by atoms with E-state index in [9.17, 15) is 14.0 Å². The van der Waals surface area contributed by atoms with E-state index in [0.717, 1.165) is 0 Å². The molecule has 5 nitrogen and oxygen atoms in total. The van der Waals surface area contributed by atoms with Crippen LogP contribution in [0.15, 0.2) is 24.3 Å². The number of piperazine rings is 1. The van der Waals surface area contributed by atoms with Gasteiger partial charge in [-0.15, -0.1) is 0 Å². The number of methoxy groups -OCH3 is 1. The Kier molecular flexibility index (Phi) is 5.27. The average molecular weight is 294 g/mol. The maximum absolute atomic E-state index is 13.1. The molecule has 6 heteroatoms. The van der Waals surface area contributed by atoms with E-state index in [1.54, 1.807) is 23.0 Å². The largest absolute Gasteiger partial charge is 0.384 e. The highest BCUT2D eigenvalue weighted by atomic mass is 19.1. The second kappa shape index (κ2) is 7.17. The van der Waals surface area contributed by atoms with E-state index in [2.05, 4.69) is 0 Å². The third-order valence-corrected chi connectivity index (χ3v) is 3.51. The fourth-order valence-electron chi connectivity index (χ4n) is 2.31. The number of amides is 2. The normalized spacial score (nSPS) is 15.1. The third-order valence-electron chi connectivity index (χ3n) is 3.51. The Morgan fingerprint density at radius 1 is 1.19 bits per heavy atom. The summed E-state index contributed by atoms with van der Waals surface area (Å²) in [6, 6.07) is 5.66. The Labute approximate surface area is 123 Å². The third kappa shape index (κ3) is 4.01. The zero-order valence-corrected chi connectivity index (χ0v) is 12.0. The highest BCUT2D eigenvalue weighted by Gasteiger charge is 2.24. The summed E-state index contributed by atoms with van der Waals surface area (Å²) in [4.78, 5) is 27.5. The lowest BCUT2D eigenvalue weighted by Crippen LogP contribution is -2.50. The molecular formula is C15H19FN2O3. The summed E-state index contributed by atoms with van der Waals surface area (Å²) in [6.07, 6.45) is 0.355. The standard InChI is InChI=1S/C15H19FN2O3/c1-21-10-5-14(19)17-6-8-18(9-7-17)15(20)12-3-2-4-13(16)11-12/h2-4,11H,5-10H2,1H3. The predicted molar refractivity (Wildman–Crippen MR) is 75.4 cm³/mol. The molecule has 1 aromatic rings. The van der Waals surface area contributed by atoms with Gasteiger partial charge in [-0.2, -0.15) is 0 Å². The number of ether oxygens (including phenoxy) is 1. The smallest absolute Gasteiger partial charge is 0.254 e. The van der Waals surface area contributed by atoms with Crippen LogP contribution >= 0.6 is 0 Å². The minimum Gasteiger partial charge on any atom is -0.384 e. The van der Waals surface area contributed by atoms with Crippen molar-refractivity contribution >= 4 is 11.8 Å². The van der Waals surface area contributed by atoms with E-state index >= 15 is 0 Å². The zero-order valence-electron chi connectivity index (χ0n) is 12.0. The van der Waals surface area contributed by atoms with Gasteiger partial charge in [-0.1, -0.05) is 6.07 Å². The average Bonchev–Trinajstić information content (AvgIpc) is 2.52. The first-order valence-corrected chi connectivity index (χ1v) is 6.93. The van der Waals surface area contributed by atoms with E-state index in [1.165, 1.54) is 18.2 Å². The van der Waals surface area contributed by atoms with E-state index in [1.807, 2.05) is 0 Å². The Hall–Kier alpha value is -1.95. The lowest BCUT2D eigenvalue weighted by Gasteiger charge is -2.34. The van der Waals surface area contributed by atoms with Gasteiger partial charge in [0.2, 0.25) is 5.91 Å². The number of hydrogen-bond donors (Lipinski definition) is 0. The molecule has 1 aliphatic rings. The lowest BCUT2D eigenvalue weighted by atomic mass is 10.1. The fraction of sp³-hybridized carbons (Fsp3) is 0.467. The fourth-order valence-corrected chi connectivity index (χ4v) is 2.31. The summed E-state index contributed by atoms with van der Waals surface area (Å²) in [7, 11) is 1.56. The van der Waals surface area contributed by atoms with Crippen LogP contribution in [0, 0.1) is 5.82 Å². The first kappa shape index (κ1) is 15.4. The minimum absolute atomic E-state index is 0.0368. The van der Waals surface area contributed by atoms with Gasteiger partial charge in [0, 0.05) is 38.9 Å². The summed E-state index contributed by atoms with van der Waals surface area (Å²) in [5.74, 6) is -0.581. The Balaban J connectivity index is 1.89. The molecule has 1 heterocycles. The van der Waals surface area contributed by atoms with Gasteiger partial charge in [-0.05, 0) is 18.2 Å². The first-order valence-electron chi connectivity index (χ1n) is 6.93. The molecule has 1 fully saturated rings. The maximum atomic E-state index is 13.1. The topological polar surface area (TPSA) is 49.9 Å². The monoisotopic (exact) mass is 294 g/mol. The minimum atomic E-state index is -0.422. The summed E-state index contributed by atoms with van der Waals surface area (Å²) >= 11 is 0. The molecule has 1 saturated heterocycles. The first-order chi connectivity index (χ1) is 10.1. The van der Waals surface area contributed by atoms with Crippen LogP contribution in [0.5, 0.6) is 0 Å². The molecule has 0 bridgehead atoms. The molecule has 0 radical (unpaired) electrons. The number of halogens is 1. The van der Waals surface area contributed by atoms with Crippen molar-refractivity contribution in [3.05, 3.63) is 35.6 Å². The SMILES string of the molecule is COCCC(=O)N1CCN(C(=O)c2cccc(F)c2)CC1. The number of nitrogens with zero attached hydrogens (tertiary/aromatic N) is 2. The molecule has 1 aliphatic heterocycles. The van der Waals surface area contributed by atoms with E-state index in [-0.39, 0.29) is 11.8 Å². The summed E-state index contributed by atoms with van der Waals surface area (Å²) < 4.78 is 18.0. The van der Waals surface area contributed by atoms with Crippen LogP contribution in [0.2, 0.25) is 0 Å². The zero-order chi connectivity index (χ0) is 15.2. The number of rotatable bonds is 4. The second-order valence-corrected chi connectivity index (χ2v) is 4.93. The Morgan fingerprint density at radius 2 is 1.86 bits per heavy atom. The summed E-state index contributed by atoms with van der Waals surface area (Å²) in [6.45, 7) is 2.34. The van der Waals surface area contributed by atoms with Gasteiger partial charge in [-0.25, -0.2) is 4.39 Å². The highest BCUT2D eigenvalue weighted by Crippen LogP contribution is 2.11. The van der Waals surface area contributed by atoms with Crippen LogP contribution in [-0.2, 0) is 9.53 Å². The Morgan fingerprint density at radius 3 is 2.48 bits per heavy atom. The number of carbonyl (C=O) groups is 2. The molecular weight excluding hydrogens is 275 g/mol. The van der Waals surface area contributed by atoms with Crippen molar-refractivity contribution in [1.82, 2.24) is 9.80 Å². The van der Waals surface area contributed by atoms with Crippen LogP contribution in [0.3, 0.4) is 0 Å². The van der Waals surface area contributed by atoms with Crippen molar-refractivity contribution < 1.29 is 18.7 Å². The molecule has 2 rings (SSSR count). The van der Waals surface area contributed by atoms with Gasteiger partial charge in [0.25, 0.3) is 5.91 Å². The van der Waals surface area contributed by atoms with Gasteiger partial charge in [-0.3, -0.25) is 9.59 Å². The molecule has 1 aromatic carbocycles. The molecule has 0 atom stereocenters. The van der Waals surface area contributed by atoms with E-state index in [4.69, 9.17) is 4.74 Å². The van der Waals surface area contributed by atoms with E-state index in [0.29, 0.717) is 44.8 Å². The van der Waals surface area contributed by atoms with Crippen LogP contribution in [0.1, 0.15) is 16.8 Å². The molecule has 0 N–H and O–H groups in total. The molecule has 21 heavy (non-hydrogen) atoms. The highest BCUT2D eigenvalue weighted by molar-refractivity contribution is 5.94. The number of hydrogen-bond acceptors (Lipinski definition) is 3. The van der Waals surface area contributed by atoms with Crippen molar-refractivity contribution in [3.63, 3.8) is 0 Å².